The van der Waals surface area contributed by atoms with Crippen LogP contribution in [0.4, 0.5) is 4.39 Å². The number of hydrogen-bond acceptors (Lipinski definition) is 3. The van der Waals surface area contributed by atoms with Gasteiger partial charge in [0.2, 0.25) is 0 Å². The van der Waals surface area contributed by atoms with Crippen LogP contribution in [0.3, 0.4) is 0 Å². The number of benzene rings is 1. The molecule has 110 valence electrons. The number of likely N-dealkylation sites (tertiary alicyclic amines) is 1. The van der Waals surface area contributed by atoms with Gasteiger partial charge in [-0.1, -0.05) is 6.07 Å². The van der Waals surface area contributed by atoms with Crippen molar-refractivity contribution in [1.82, 2.24) is 4.90 Å². The molecule has 2 unspecified atom stereocenters. The highest BCUT2D eigenvalue weighted by atomic mass is 19.1. The van der Waals surface area contributed by atoms with Gasteiger partial charge in [-0.3, -0.25) is 9.69 Å². The predicted octanol–water partition coefficient (Wildman–Crippen LogP) is 2.83. The molecule has 1 saturated heterocycles. The van der Waals surface area contributed by atoms with Gasteiger partial charge in [-0.05, 0) is 44.0 Å². The largest absolute Gasteiger partial charge is 0.494 e. The van der Waals surface area contributed by atoms with E-state index in [0.717, 1.165) is 24.9 Å². The van der Waals surface area contributed by atoms with Gasteiger partial charge in [0.1, 0.15) is 0 Å². The number of hydrogen-bond donors (Lipinski definition) is 1. The highest BCUT2D eigenvalue weighted by molar-refractivity contribution is 5.67. The standard InChI is InChI=1S/C15H20FNO3/c1-10(11-5-6-14(20-2)13(16)8-11)17-7-3-4-12(17)9-15(18)19/h5-6,8,10,12H,3-4,7,9H2,1-2H3,(H,18,19). The fourth-order valence-corrected chi connectivity index (χ4v) is 2.92. The third-order valence-electron chi connectivity index (χ3n) is 3.99. The van der Waals surface area contributed by atoms with Crippen LogP contribution in [0.1, 0.15) is 37.8 Å². The first-order valence-electron chi connectivity index (χ1n) is 6.84. The maximum absolute atomic E-state index is 13.8. The van der Waals surface area contributed by atoms with Crippen molar-refractivity contribution < 1.29 is 19.0 Å². The Bertz CT molecular complexity index is 492. The zero-order valence-corrected chi connectivity index (χ0v) is 11.8. The van der Waals surface area contributed by atoms with Crippen molar-refractivity contribution in [3.63, 3.8) is 0 Å². The van der Waals surface area contributed by atoms with Crippen molar-refractivity contribution in [2.45, 2.75) is 38.3 Å². The minimum Gasteiger partial charge on any atom is -0.494 e. The highest BCUT2D eigenvalue weighted by Crippen LogP contribution is 2.32. The average molecular weight is 281 g/mol. The summed E-state index contributed by atoms with van der Waals surface area (Å²) >= 11 is 0. The molecule has 0 amide bonds. The van der Waals surface area contributed by atoms with Gasteiger partial charge >= 0.3 is 5.97 Å². The van der Waals surface area contributed by atoms with E-state index >= 15 is 0 Å². The second kappa shape index (κ2) is 6.22. The quantitative estimate of drug-likeness (QED) is 0.901. The van der Waals surface area contributed by atoms with E-state index in [4.69, 9.17) is 9.84 Å². The van der Waals surface area contributed by atoms with E-state index in [1.54, 1.807) is 6.07 Å². The van der Waals surface area contributed by atoms with Gasteiger partial charge in [-0.15, -0.1) is 0 Å². The molecule has 2 atom stereocenters. The molecule has 2 rings (SSSR count). The third-order valence-corrected chi connectivity index (χ3v) is 3.99. The number of aliphatic carboxylic acids is 1. The van der Waals surface area contributed by atoms with Crippen molar-refractivity contribution in [2.75, 3.05) is 13.7 Å². The molecule has 1 aromatic carbocycles. The molecular formula is C15H20FNO3. The second-order valence-corrected chi connectivity index (χ2v) is 5.20. The van der Waals surface area contributed by atoms with Gasteiger partial charge in [-0.2, -0.15) is 0 Å². The number of methoxy groups -OCH3 is 1. The first-order chi connectivity index (χ1) is 9.52. The van der Waals surface area contributed by atoms with Crippen molar-refractivity contribution >= 4 is 5.97 Å². The van der Waals surface area contributed by atoms with Gasteiger partial charge in [0.15, 0.2) is 11.6 Å². The Balaban J connectivity index is 2.15. The Morgan fingerprint density at radius 3 is 2.95 bits per heavy atom. The molecule has 0 radical (unpaired) electrons. The van der Waals surface area contributed by atoms with E-state index in [1.165, 1.54) is 13.2 Å². The number of carbonyl (C=O) groups is 1. The maximum atomic E-state index is 13.8. The molecule has 1 aliphatic rings. The lowest BCUT2D eigenvalue weighted by Gasteiger charge is -2.30. The number of carboxylic acids is 1. The minimum absolute atomic E-state index is 0.00209. The summed E-state index contributed by atoms with van der Waals surface area (Å²) in [7, 11) is 1.44. The Kier molecular flexibility index (Phi) is 4.60. The normalized spacial score (nSPS) is 20.9. The Morgan fingerprint density at radius 1 is 1.60 bits per heavy atom. The van der Waals surface area contributed by atoms with Crippen molar-refractivity contribution in [2.24, 2.45) is 0 Å². The Labute approximate surface area is 118 Å². The number of ether oxygens (including phenoxy) is 1. The molecule has 0 aliphatic carbocycles. The molecular weight excluding hydrogens is 261 g/mol. The van der Waals surface area contributed by atoms with Gasteiger partial charge in [0.05, 0.1) is 13.5 Å². The molecule has 1 fully saturated rings. The van der Waals surface area contributed by atoms with Crippen LogP contribution in [0.15, 0.2) is 18.2 Å². The molecule has 1 aromatic rings. The lowest BCUT2D eigenvalue weighted by molar-refractivity contribution is -0.138. The summed E-state index contributed by atoms with van der Waals surface area (Å²) in [5.74, 6) is -0.940. The summed E-state index contributed by atoms with van der Waals surface area (Å²) in [5.41, 5.74) is 0.848. The SMILES string of the molecule is COc1ccc(C(C)N2CCCC2CC(=O)O)cc1F. The number of rotatable bonds is 5. The monoisotopic (exact) mass is 281 g/mol. The summed E-state index contributed by atoms with van der Waals surface area (Å²) in [6, 6.07) is 4.96. The van der Waals surface area contributed by atoms with Crippen molar-refractivity contribution in [3.8, 4) is 5.75 Å². The van der Waals surface area contributed by atoms with Gasteiger partial charge in [-0.25, -0.2) is 4.39 Å². The minimum atomic E-state index is -0.782. The summed E-state index contributed by atoms with van der Waals surface area (Å²) in [4.78, 5) is 13.0. The topological polar surface area (TPSA) is 49.8 Å². The van der Waals surface area contributed by atoms with Crippen LogP contribution in [0.5, 0.6) is 5.75 Å². The molecule has 1 heterocycles. The Hall–Kier alpha value is -1.62. The first-order valence-corrected chi connectivity index (χ1v) is 6.84. The molecule has 1 N–H and O–H groups in total. The lowest BCUT2D eigenvalue weighted by atomic mass is 10.0. The van der Waals surface area contributed by atoms with Crippen molar-refractivity contribution in [3.05, 3.63) is 29.6 Å². The van der Waals surface area contributed by atoms with Crippen LogP contribution in [-0.2, 0) is 4.79 Å². The van der Waals surface area contributed by atoms with E-state index < -0.39 is 5.97 Å². The van der Waals surface area contributed by atoms with Crippen LogP contribution in [0, 0.1) is 5.82 Å². The van der Waals surface area contributed by atoms with E-state index in [2.05, 4.69) is 4.90 Å². The maximum Gasteiger partial charge on any atom is 0.304 e. The van der Waals surface area contributed by atoms with Gasteiger partial charge in [0.25, 0.3) is 0 Å². The molecule has 0 spiro atoms. The van der Waals surface area contributed by atoms with Crippen LogP contribution >= 0.6 is 0 Å². The molecule has 0 aromatic heterocycles. The van der Waals surface area contributed by atoms with Crippen molar-refractivity contribution in [1.29, 1.82) is 0 Å². The van der Waals surface area contributed by atoms with Crippen LogP contribution in [0.25, 0.3) is 0 Å². The number of halogens is 1. The van der Waals surface area contributed by atoms with Gasteiger partial charge < -0.3 is 9.84 Å². The zero-order valence-electron chi connectivity index (χ0n) is 11.8. The van der Waals surface area contributed by atoms with Crippen LogP contribution in [-0.4, -0.2) is 35.7 Å². The van der Waals surface area contributed by atoms with E-state index in [1.807, 2.05) is 13.0 Å². The van der Waals surface area contributed by atoms with Crippen LogP contribution < -0.4 is 4.74 Å². The summed E-state index contributed by atoms with van der Waals surface area (Å²) in [6.45, 7) is 2.84. The summed E-state index contributed by atoms with van der Waals surface area (Å²) in [5, 5.41) is 8.95. The average Bonchev–Trinajstić information content (AvgIpc) is 2.85. The third kappa shape index (κ3) is 3.10. The fraction of sp³-hybridized carbons (Fsp3) is 0.533. The lowest BCUT2D eigenvalue weighted by Crippen LogP contribution is -2.33. The summed E-state index contributed by atoms with van der Waals surface area (Å²) < 4.78 is 18.7. The van der Waals surface area contributed by atoms with Gasteiger partial charge in [0, 0.05) is 12.1 Å². The van der Waals surface area contributed by atoms with E-state index in [0.29, 0.717) is 0 Å². The molecule has 4 nitrogen and oxygen atoms in total. The molecule has 0 saturated carbocycles. The molecule has 20 heavy (non-hydrogen) atoms. The summed E-state index contributed by atoms with van der Waals surface area (Å²) in [6.07, 6.45) is 2.01. The molecule has 1 aliphatic heterocycles. The number of carboxylic acid groups (broad SMARTS) is 1. The highest BCUT2D eigenvalue weighted by Gasteiger charge is 2.30. The second-order valence-electron chi connectivity index (χ2n) is 5.20. The first kappa shape index (κ1) is 14.8. The fourth-order valence-electron chi connectivity index (χ4n) is 2.92. The zero-order chi connectivity index (χ0) is 14.7. The smallest absolute Gasteiger partial charge is 0.304 e. The van der Waals surface area contributed by atoms with E-state index in [-0.39, 0.29) is 30.1 Å². The van der Waals surface area contributed by atoms with E-state index in [9.17, 15) is 9.18 Å². The van der Waals surface area contributed by atoms with Crippen LogP contribution in [0.2, 0.25) is 0 Å². The predicted molar refractivity (Wildman–Crippen MR) is 73.3 cm³/mol. The number of nitrogens with zero attached hydrogens (tertiary/aromatic N) is 1. The Morgan fingerprint density at radius 2 is 2.35 bits per heavy atom. The molecule has 0 bridgehead atoms. The molecule has 5 heteroatoms.